The van der Waals surface area contributed by atoms with Crippen molar-refractivity contribution in [3.63, 3.8) is 0 Å². The fourth-order valence-electron chi connectivity index (χ4n) is 5.19. The van der Waals surface area contributed by atoms with Crippen molar-refractivity contribution in [2.75, 3.05) is 39.8 Å². The van der Waals surface area contributed by atoms with E-state index >= 15 is 0 Å². The zero-order chi connectivity index (χ0) is 24.8. The molecule has 2 aliphatic rings. The summed E-state index contributed by atoms with van der Waals surface area (Å²) in [5, 5.41) is 10.9. The lowest BCUT2D eigenvalue weighted by atomic mass is 9.88. The van der Waals surface area contributed by atoms with Gasteiger partial charge in [0, 0.05) is 31.8 Å². The molecule has 2 heterocycles. The molecule has 1 atom stereocenters. The summed E-state index contributed by atoms with van der Waals surface area (Å²) in [5.74, 6) is 0.0668. The maximum atomic E-state index is 13.3. The molecule has 0 aliphatic carbocycles. The first-order chi connectivity index (χ1) is 16.9. The molecule has 35 heavy (non-hydrogen) atoms. The maximum Gasteiger partial charge on any atom is 0.246 e. The Morgan fingerprint density at radius 3 is 2.26 bits per heavy atom. The van der Waals surface area contributed by atoms with Gasteiger partial charge in [-0.1, -0.05) is 12.1 Å². The molecule has 0 radical (unpaired) electrons. The number of hydrogen-bond donors (Lipinski definition) is 1. The predicted octanol–water partition coefficient (Wildman–Crippen LogP) is 4.47. The molecule has 2 aromatic carbocycles. The van der Waals surface area contributed by atoms with Gasteiger partial charge in [-0.15, -0.1) is 0 Å². The van der Waals surface area contributed by atoms with E-state index in [2.05, 4.69) is 17.0 Å². The number of rotatable bonds is 7. The Bertz CT molecular complexity index is 991. The second kappa shape index (κ2) is 11.8. The van der Waals surface area contributed by atoms with E-state index in [1.807, 2.05) is 12.1 Å². The lowest BCUT2D eigenvalue weighted by Crippen LogP contribution is -2.45. The zero-order valence-corrected chi connectivity index (χ0v) is 20.2. The van der Waals surface area contributed by atoms with Gasteiger partial charge in [-0.05, 0) is 92.1 Å². The number of likely N-dealkylation sites (tertiary alicyclic amines) is 2. The molecule has 1 N–H and O–H groups in total. The van der Waals surface area contributed by atoms with Gasteiger partial charge >= 0.3 is 0 Å². The molecule has 188 valence electrons. The van der Waals surface area contributed by atoms with Crippen LogP contribution in [-0.2, 0) is 4.79 Å². The van der Waals surface area contributed by atoms with E-state index in [0.717, 1.165) is 50.6 Å². The summed E-state index contributed by atoms with van der Waals surface area (Å²) in [6.07, 6.45) is 6.04. The molecule has 1 unspecified atom stereocenters. The Kier molecular flexibility index (Phi) is 8.52. The van der Waals surface area contributed by atoms with Gasteiger partial charge in [-0.2, -0.15) is 0 Å². The Hall–Kier alpha value is -2.77. The van der Waals surface area contributed by atoms with Gasteiger partial charge in [0.15, 0.2) is 0 Å². The molecule has 2 fully saturated rings. The number of carbonyl (C=O) groups excluding carboxylic acids is 1. The average molecular weight is 485 g/mol. The third-order valence-electron chi connectivity index (χ3n) is 7.32. The number of halogens is 2. The summed E-state index contributed by atoms with van der Waals surface area (Å²) in [4.78, 5) is 16.6. The third kappa shape index (κ3) is 6.89. The van der Waals surface area contributed by atoms with Gasteiger partial charge in [0.1, 0.15) is 17.4 Å². The highest BCUT2D eigenvalue weighted by molar-refractivity contribution is 5.91. The zero-order valence-electron chi connectivity index (χ0n) is 20.2. The number of carbonyl (C=O) groups is 1. The summed E-state index contributed by atoms with van der Waals surface area (Å²) < 4.78 is 31.9. The van der Waals surface area contributed by atoms with Crippen LogP contribution in [-0.4, -0.2) is 66.8 Å². The first-order valence-corrected chi connectivity index (χ1v) is 12.4. The summed E-state index contributed by atoms with van der Waals surface area (Å²) >= 11 is 0. The van der Waals surface area contributed by atoms with Crippen LogP contribution in [0.3, 0.4) is 0 Å². The number of aliphatic hydroxyl groups excluding tert-OH is 1. The Morgan fingerprint density at radius 2 is 1.66 bits per heavy atom. The Labute approximate surface area is 206 Å². The van der Waals surface area contributed by atoms with E-state index in [0.29, 0.717) is 31.1 Å². The number of methoxy groups -OCH3 is 1. The molecule has 1 amide bonds. The van der Waals surface area contributed by atoms with Crippen molar-refractivity contribution in [1.82, 2.24) is 9.80 Å². The van der Waals surface area contributed by atoms with E-state index in [9.17, 15) is 18.7 Å². The summed E-state index contributed by atoms with van der Waals surface area (Å²) in [5.41, 5.74) is 1.66. The maximum absolute atomic E-state index is 13.3. The van der Waals surface area contributed by atoms with Crippen LogP contribution in [0.4, 0.5) is 8.78 Å². The lowest BCUT2D eigenvalue weighted by molar-refractivity contribution is -0.128. The molecular formula is C28H34F2N2O3. The monoisotopic (exact) mass is 484 g/mol. The number of amides is 1. The van der Waals surface area contributed by atoms with Crippen molar-refractivity contribution in [3.8, 4) is 5.75 Å². The summed E-state index contributed by atoms with van der Waals surface area (Å²) in [6.45, 7) is 3.75. The van der Waals surface area contributed by atoms with E-state index < -0.39 is 17.7 Å². The molecule has 0 spiro atoms. The van der Waals surface area contributed by atoms with Gasteiger partial charge in [0.25, 0.3) is 0 Å². The third-order valence-corrected chi connectivity index (χ3v) is 7.32. The van der Waals surface area contributed by atoms with Gasteiger partial charge in [-0.25, -0.2) is 8.78 Å². The van der Waals surface area contributed by atoms with Crippen molar-refractivity contribution in [2.24, 2.45) is 5.92 Å². The van der Waals surface area contributed by atoms with Crippen LogP contribution >= 0.6 is 0 Å². The van der Waals surface area contributed by atoms with Crippen LogP contribution in [0.2, 0.25) is 0 Å². The predicted molar refractivity (Wildman–Crippen MR) is 132 cm³/mol. The minimum absolute atomic E-state index is 0.166. The van der Waals surface area contributed by atoms with E-state index in [1.54, 1.807) is 12.0 Å². The molecule has 2 aliphatic heterocycles. The Morgan fingerprint density at radius 1 is 1.03 bits per heavy atom. The van der Waals surface area contributed by atoms with Gasteiger partial charge in [-0.3, -0.25) is 4.79 Å². The molecule has 2 saturated heterocycles. The van der Waals surface area contributed by atoms with E-state index in [4.69, 9.17) is 4.74 Å². The minimum Gasteiger partial charge on any atom is -0.497 e. The minimum atomic E-state index is -0.670. The second-order valence-electron chi connectivity index (χ2n) is 9.61. The van der Waals surface area contributed by atoms with Crippen LogP contribution in [0.15, 0.2) is 48.5 Å². The SMILES string of the molecule is COc1ccc(C2CCN(CC(O)C3CCN(C(=O)/C=C/c4cc(F)cc(F)c4)CC3)CC2)cc1. The van der Waals surface area contributed by atoms with Gasteiger partial charge < -0.3 is 19.6 Å². The first-order valence-electron chi connectivity index (χ1n) is 12.4. The average Bonchev–Trinajstić information content (AvgIpc) is 2.87. The molecule has 0 saturated carbocycles. The van der Waals surface area contributed by atoms with Gasteiger partial charge in [0.05, 0.1) is 13.2 Å². The van der Waals surface area contributed by atoms with Crippen molar-refractivity contribution < 1.29 is 23.4 Å². The second-order valence-corrected chi connectivity index (χ2v) is 9.61. The number of benzene rings is 2. The number of nitrogens with zero attached hydrogens (tertiary/aromatic N) is 2. The molecule has 0 aromatic heterocycles. The fourth-order valence-corrected chi connectivity index (χ4v) is 5.19. The lowest BCUT2D eigenvalue weighted by Gasteiger charge is -2.38. The number of ether oxygens (including phenoxy) is 1. The molecule has 4 rings (SSSR count). The number of β-amino-alcohol motifs (C(OH)–C–C–N with tert-alkyl or cyclic N) is 1. The largest absolute Gasteiger partial charge is 0.497 e. The number of aliphatic hydroxyl groups is 1. The Balaban J connectivity index is 1.19. The van der Waals surface area contributed by atoms with Crippen LogP contribution in [0.1, 0.15) is 42.7 Å². The van der Waals surface area contributed by atoms with Crippen molar-refractivity contribution in [2.45, 2.75) is 37.7 Å². The number of hydrogen-bond acceptors (Lipinski definition) is 4. The van der Waals surface area contributed by atoms with Crippen LogP contribution in [0, 0.1) is 17.6 Å². The van der Waals surface area contributed by atoms with Crippen LogP contribution < -0.4 is 4.74 Å². The van der Waals surface area contributed by atoms with E-state index in [-0.39, 0.29) is 11.8 Å². The van der Waals surface area contributed by atoms with Crippen molar-refractivity contribution in [3.05, 3.63) is 71.3 Å². The van der Waals surface area contributed by atoms with Crippen LogP contribution in [0.5, 0.6) is 5.75 Å². The topological polar surface area (TPSA) is 53.0 Å². The highest BCUT2D eigenvalue weighted by Gasteiger charge is 2.29. The summed E-state index contributed by atoms with van der Waals surface area (Å²) in [6, 6.07) is 11.5. The molecule has 5 nitrogen and oxygen atoms in total. The normalized spacial score (nSPS) is 19.3. The van der Waals surface area contributed by atoms with Crippen LogP contribution in [0.25, 0.3) is 6.08 Å². The highest BCUT2D eigenvalue weighted by Crippen LogP contribution is 2.30. The molecule has 0 bridgehead atoms. The number of piperidine rings is 2. The molecular weight excluding hydrogens is 450 g/mol. The summed E-state index contributed by atoms with van der Waals surface area (Å²) in [7, 11) is 1.68. The smallest absolute Gasteiger partial charge is 0.246 e. The van der Waals surface area contributed by atoms with Crippen molar-refractivity contribution in [1.29, 1.82) is 0 Å². The standard InChI is InChI=1S/C28H34F2N2O3/c1-35-26-5-3-21(4-6-26)22-8-12-31(13-9-22)19-27(33)23-10-14-32(15-11-23)28(34)7-2-20-16-24(29)18-25(30)17-20/h2-7,16-18,22-23,27,33H,8-15,19H2,1H3/b7-2+. The van der Waals surface area contributed by atoms with Gasteiger partial charge in [0.2, 0.25) is 5.91 Å². The molecule has 2 aromatic rings. The first kappa shape index (κ1) is 25.3. The fraction of sp³-hybridized carbons (Fsp3) is 0.464. The van der Waals surface area contributed by atoms with Crippen molar-refractivity contribution >= 4 is 12.0 Å². The quantitative estimate of drug-likeness (QED) is 0.590. The van der Waals surface area contributed by atoms with E-state index in [1.165, 1.54) is 29.8 Å². The molecule has 7 heteroatoms. The highest BCUT2D eigenvalue weighted by atomic mass is 19.1.